The maximum absolute atomic E-state index is 12.6. The fraction of sp³-hybridized carbons (Fsp3) is 0.176. The predicted molar refractivity (Wildman–Crippen MR) is 95.9 cm³/mol. The maximum Gasteiger partial charge on any atom is 0.337 e. The van der Waals surface area contributed by atoms with E-state index in [-0.39, 0.29) is 22.2 Å². The lowest BCUT2D eigenvalue weighted by molar-refractivity contribution is -0.114. The van der Waals surface area contributed by atoms with Crippen LogP contribution < -0.4 is 14.8 Å². The highest BCUT2D eigenvalue weighted by Gasteiger charge is 2.17. The van der Waals surface area contributed by atoms with Crippen LogP contribution in [0.2, 0.25) is 0 Å². The molecular formula is C17H18N2O6S. The molecule has 2 rings (SSSR count). The molecule has 0 radical (unpaired) electrons. The molecule has 2 N–H and O–H groups in total. The predicted octanol–water partition coefficient (Wildman–Crippen LogP) is 2.24. The number of amides is 1. The van der Waals surface area contributed by atoms with Gasteiger partial charge in [0, 0.05) is 12.6 Å². The monoisotopic (exact) mass is 378 g/mol. The lowest BCUT2D eigenvalue weighted by Crippen LogP contribution is -2.14. The van der Waals surface area contributed by atoms with Gasteiger partial charge >= 0.3 is 5.97 Å². The third kappa shape index (κ3) is 4.51. The number of carbonyl (C=O) groups is 2. The number of ether oxygens (including phenoxy) is 2. The van der Waals surface area contributed by atoms with Gasteiger partial charge in [-0.1, -0.05) is 0 Å². The molecule has 9 heteroatoms. The zero-order chi connectivity index (χ0) is 19.3. The number of rotatable bonds is 6. The fourth-order valence-electron chi connectivity index (χ4n) is 2.15. The number of hydrogen-bond donors (Lipinski definition) is 2. The minimum absolute atomic E-state index is 0.0564. The molecule has 0 fully saturated rings. The van der Waals surface area contributed by atoms with Crippen molar-refractivity contribution < 1.29 is 27.5 Å². The normalized spacial score (nSPS) is 10.7. The summed E-state index contributed by atoms with van der Waals surface area (Å²) < 4.78 is 37.2. The quantitative estimate of drug-likeness (QED) is 0.746. The maximum atomic E-state index is 12.6. The van der Waals surface area contributed by atoms with E-state index in [9.17, 15) is 18.0 Å². The van der Waals surface area contributed by atoms with Gasteiger partial charge in [0.1, 0.15) is 5.75 Å². The van der Waals surface area contributed by atoms with Crippen molar-refractivity contribution in [2.75, 3.05) is 24.3 Å². The van der Waals surface area contributed by atoms with Gasteiger partial charge in [0.15, 0.2) is 0 Å². The van der Waals surface area contributed by atoms with Crippen molar-refractivity contribution in [3.8, 4) is 5.75 Å². The number of nitrogens with one attached hydrogen (secondary N) is 2. The highest BCUT2D eigenvalue weighted by molar-refractivity contribution is 7.92. The van der Waals surface area contributed by atoms with Gasteiger partial charge in [0.25, 0.3) is 10.0 Å². The summed E-state index contributed by atoms with van der Waals surface area (Å²) in [5.41, 5.74) is 0.811. The summed E-state index contributed by atoms with van der Waals surface area (Å²) in [6.45, 7) is 1.31. The van der Waals surface area contributed by atoms with E-state index in [4.69, 9.17) is 4.74 Å². The Balaban J connectivity index is 2.29. The molecule has 0 saturated heterocycles. The molecule has 138 valence electrons. The molecule has 0 saturated carbocycles. The molecule has 0 aliphatic carbocycles. The van der Waals surface area contributed by atoms with Crippen LogP contribution in [0, 0.1) is 0 Å². The molecule has 0 spiro atoms. The lowest BCUT2D eigenvalue weighted by Gasteiger charge is -2.13. The summed E-state index contributed by atoms with van der Waals surface area (Å²) in [4.78, 5) is 22.6. The first-order valence-corrected chi connectivity index (χ1v) is 8.92. The van der Waals surface area contributed by atoms with Gasteiger partial charge in [-0.3, -0.25) is 9.52 Å². The number of sulfonamides is 1. The van der Waals surface area contributed by atoms with Gasteiger partial charge < -0.3 is 14.8 Å². The average molecular weight is 378 g/mol. The third-order valence-corrected chi connectivity index (χ3v) is 4.73. The molecule has 26 heavy (non-hydrogen) atoms. The second-order valence-corrected chi connectivity index (χ2v) is 6.90. The van der Waals surface area contributed by atoms with Crippen molar-refractivity contribution in [2.45, 2.75) is 11.8 Å². The number of carbonyl (C=O) groups excluding carboxylic acids is 2. The van der Waals surface area contributed by atoms with E-state index in [1.165, 1.54) is 63.6 Å². The molecule has 0 atom stereocenters. The molecule has 0 bridgehead atoms. The second-order valence-electron chi connectivity index (χ2n) is 5.22. The Bertz CT molecular complexity index is 923. The average Bonchev–Trinajstić information content (AvgIpc) is 2.60. The van der Waals surface area contributed by atoms with E-state index in [0.717, 1.165) is 0 Å². The molecule has 0 unspecified atom stereocenters. The second kappa shape index (κ2) is 7.87. The van der Waals surface area contributed by atoms with Crippen LogP contribution in [0.4, 0.5) is 11.4 Å². The smallest absolute Gasteiger partial charge is 0.337 e. The highest BCUT2D eigenvalue weighted by Crippen LogP contribution is 2.28. The summed E-state index contributed by atoms with van der Waals surface area (Å²) in [6.07, 6.45) is 0. The minimum atomic E-state index is -3.91. The largest absolute Gasteiger partial charge is 0.495 e. The van der Waals surface area contributed by atoms with E-state index >= 15 is 0 Å². The van der Waals surface area contributed by atoms with Gasteiger partial charge in [0.2, 0.25) is 5.91 Å². The Morgan fingerprint density at radius 1 is 1.00 bits per heavy atom. The molecule has 2 aromatic carbocycles. The summed E-state index contributed by atoms with van der Waals surface area (Å²) in [6, 6.07) is 9.88. The fourth-order valence-corrected chi connectivity index (χ4v) is 3.23. The molecule has 0 aliphatic heterocycles. The van der Waals surface area contributed by atoms with E-state index in [1.54, 1.807) is 0 Å². The molecule has 0 aliphatic rings. The Hall–Kier alpha value is -3.07. The third-order valence-electron chi connectivity index (χ3n) is 3.35. The Morgan fingerprint density at radius 3 is 2.19 bits per heavy atom. The van der Waals surface area contributed by atoms with Crippen LogP contribution >= 0.6 is 0 Å². The van der Waals surface area contributed by atoms with Crippen molar-refractivity contribution in [1.29, 1.82) is 0 Å². The van der Waals surface area contributed by atoms with Crippen LogP contribution in [0.15, 0.2) is 47.4 Å². The van der Waals surface area contributed by atoms with Crippen molar-refractivity contribution in [3.63, 3.8) is 0 Å². The Morgan fingerprint density at radius 2 is 1.65 bits per heavy atom. The highest BCUT2D eigenvalue weighted by atomic mass is 32.2. The van der Waals surface area contributed by atoms with Crippen LogP contribution in [0.5, 0.6) is 5.75 Å². The molecule has 0 heterocycles. The Kier molecular flexibility index (Phi) is 5.83. The lowest BCUT2D eigenvalue weighted by atomic mass is 10.2. The van der Waals surface area contributed by atoms with Crippen LogP contribution in [0.3, 0.4) is 0 Å². The summed E-state index contributed by atoms with van der Waals surface area (Å²) in [5, 5.41) is 2.52. The van der Waals surface area contributed by atoms with Gasteiger partial charge in [0.05, 0.1) is 30.4 Å². The number of hydrogen-bond acceptors (Lipinski definition) is 6. The first kappa shape index (κ1) is 19.3. The Labute approximate surface area is 151 Å². The van der Waals surface area contributed by atoms with Crippen LogP contribution in [0.25, 0.3) is 0 Å². The molecule has 2 aromatic rings. The van der Waals surface area contributed by atoms with Crippen molar-refractivity contribution in [3.05, 3.63) is 48.0 Å². The van der Waals surface area contributed by atoms with Gasteiger partial charge in [-0.2, -0.15) is 0 Å². The summed E-state index contributed by atoms with van der Waals surface area (Å²) in [7, 11) is -1.24. The zero-order valence-electron chi connectivity index (χ0n) is 14.4. The summed E-state index contributed by atoms with van der Waals surface area (Å²) >= 11 is 0. The minimum Gasteiger partial charge on any atom is -0.495 e. The van der Waals surface area contributed by atoms with Crippen LogP contribution in [-0.2, 0) is 19.6 Å². The zero-order valence-corrected chi connectivity index (χ0v) is 15.2. The van der Waals surface area contributed by atoms with Gasteiger partial charge in [-0.15, -0.1) is 0 Å². The topological polar surface area (TPSA) is 111 Å². The number of anilines is 2. The van der Waals surface area contributed by atoms with E-state index in [1.807, 2.05) is 0 Å². The van der Waals surface area contributed by atoms with Gasteiger partial charge in [-0.25, -0.2) is 13.2 Å². The van der Waals surface area contributed by atoms with Crippen molar-refractivity contribution >= 4 is 33.3 Å². The van der Waals surface area contributed by atoms with Crippen LogP contribution in [0.1, 0.15) is 17.3 Å². The number of benzene rings is 2. The molecule has 0 aromatic heterocycles. The first-order chi connectivity index (χ1) is 12.3. The molecular weight excluding hydrogens is 360 g/mol. The van der Waals surface area contributed by atoms with E-state index < -0.39 is 16.0 Å². The number of esters is 1. The van der Waals surface area contributed by atoms with Crippen LogP contribution in [-0.4, -0.2) is 34.5 Å². The summed E-state index contributed by atoms with van der Waals surface area (Å²) in [5.74, 6) is -0.541. The molecule has 8 nitrogen and oxygen atoms in total. The SMILES string of the molecule is COC(=O)c1ccc(NS(=O)(=O)c2ccc(OC)c(NC(C)=O)c2)cc1. The number of methoxy groups -OCH3 is 2. The van der Waals surface area contributed by atoms with E-state index in [0.29, 0.717) is 11.3 Å². The molecule has 1 amide bonds. The standard InChI is InChI=1S/C17H18N2O6S/c1-11(20)18-15-10-14(8-9-16(15)24-2)26(22,23)19-13-6-4-12(5-7-13)17(21)25-3/h4-10,19H,1-3H3,(H,18,20). The van der Waals surface area contributed by atoms with Gasteiger partial charge in [-0.05, 0) is 42.5 Å². The van der Waals surface area contributed by atoms with Crippen molar-refractivity contribution in [2.24, 2.45) is 0 Å². The van der Waals surface area contributed by atoms with E-state index in [2.05, 4.69) is 14.8 Å². The van der Waals surface area contributed by atoms with Crippen molar-refractivity contribution in [1.82, 2.24) is 0 Å². The first-order valence-electron chi connectivity index (χ1n) is 7.43.